The third-order valence-electron chi connectivity index (χ3n) is 2.38. The van der Waals surface area contributed by atoms with Gasteiger partial charge >= 0.3 is 0 Å². The van der Waals surface area contributed by atoms with E-state index in [1.54, 1.807) is 0 Å². The lowest BCUT2D eigenvalue weighted by atomic mass is 10.1. The van der Waals surface area contributed by atoms with E-state index in [1.807, 2.05) is 24.3 Å². The van der Waals surface area contributed by atoms with Crippen molar-refractivity contribution >= 4 is 23.3 Å². The Balaban J connectivity index is 0.00000144. The molecule has 0 aromatic heterocycles. The van der Waals surface area contributed by atoms with Gasteiger partial charge in [0.05, 0.1) is 5.71 Å². The SMILES string of the molecule is NC(N)=N/N=C(\c1ccc(Cl)cc1)C1CC1.[Cl-]. The highest BCUT2D eigenvalue weighted by molar-refractivity contribution is 6.30. The molecule has 0 radical (unpaired) electrons. The zero-order valence-electron chi connectivity index (χ0n) is 9.11. The van der Waals surface area contributed by atoms with Crippen molar-refractivity contribution in [2.75, 3.05) is 0 Å². The fourth-order valence-electron chi connectivity index (χ4n) is 1.46. The van der Waals surface area contributed by atoms with Crippen molar-refractivity contribution in [3.8, 4) is 0 Å². The van der Waals surface area contributed by atoms with Gasteiger partial charge in [-0.3, -0.25) is 0 Å². The Kier molecular flexibility index (Phi) is 4.78. The van der Waals surface area contributed by atoms with Crippen molar-refractivity contribution in [3.05, 3.63) is 34.9 Å². The molecule has 1 aromatic carbocycles. The summed E-state index contributed by atoms with van der Waals surface area (Å²) in [6.07, 6.45) is 2.28. The van der Waals surface area contributed by atoms with E-state index in [-0.39, 0.29) is 18.4 Å². The smallest absolute Gasteiger partial charge is 0.211 e. The van der Waals surface area contributed by atoms with Gasteiger partial charge in [-0.15, -0.1) is 5.10 Å². The lowest BCUT2D eigenvalue weighted by Crippen LogP contribution is -3.00. The molecule has 0 heterocycles. The predicted molar refractivity (Wildman–Crippen MR) is 66.5 cm³/mol. The summed E-state index contributed by atoms with van der Waals surface area (Å²) in [4.78, 5) is 0. The molecule has 6 heteroatoms. The standard InChI is InChI=1S/C11H13ClN4.ClH/c12-9-5-3-8(4-6-9)10(7-1-2-7)15-16-11(13)14;/h3-7H,1-2H2,(H4,13,14,16);1H/p-1/b15-10-;. The van der Waals surface area contributed by atoms with Gasteiger partial charge < -0.3 is 23.9 Å². The van der Waals surface area contributed by atoms with Crippen LogP contribution < -0.4 is 23.9 Å². The van der Waals surface area contributed by atoms with Gasteiger partial charge in [-0.2, -0.15) is 5.10 Å². The van der Waals surface area contributed by atoms with Crippen molar-refractivity contribution in [1.82, 2.24) is 0 Å². The molecule has 0 spiro atoms. The highest BCUT2D eigenvalue weighted by Crippen LogP contribution is 2.33. The van der Waals surface area contributed by atoms with Gasteiger partial charge in [0, 0.05) is 10.9 Å². The number of halogens is 2. The monoisotopic (exact) mass is 271 g/mol. The minimum atomic E-state index is -0.0212. The van der Waals surface area contributed by atoms with E-state index < -0.39 is 0 Å². The molecule has 0 unspecified atom stereocenters. The summed E-state index contributed by atoms with van der Waals surface area (Å²) in [7, 11) is 0. The van der Waals surface area contributed by atoms with Gasteiger partial charge in [0.25, 0.3) is 0 Å². The molecule has 0 amide bonds. The van der Waals surface area contributed by atoms with Gasteiger partial charge in [0.15, 0.2) is 0 Å². The molecule has 1 aromatic rings. The van der Waals surface area contributed by atoms with E-state index >= 15 is 0 Å². The van der Waals surface area contributed by atoms with Crippen molar-refractivity contribution in [1.29, 1.82) is 0 Å². The van der Waals surface area contributed by atoms with Crippen LogP contribution in [0, 0.1) is 5.92 Å². The van der Waals surface area contributed by atoms with Gasteiger partial charge in [0.2, 0.25) is 5.96 Å². The summed E-state index contributed by atoms with van der Waals surface area (Å²) in [6.45, 7) is 0. The van der Waals surface area contributed by atoms with Crippen LogP contribution in [0.25, 0.3) is 0 Å². The van der Waals surface area contributed by atoms with Gasteiger partial charge in [-0.05, 0) is 30.5 Å². The maximum absolute atomic E-state index is 5.83. The molecule has 4 nitrogen and oxygen atoms in total. The van der Waals surface area contributed by atoms with Crippen LogP contribution in [0.15, 0.2) is 34.5 Å². The van der Waals surface area contributed by atoms with Crippen LogP contribution in [-0.4, -0.2) is 11.7 Å². The topological polar surface area (TPSA) is 76.8 Å². The molecule has 0 atom stereocenters. The number of hydrogen-bond donors (Lipinski definition) is 2. The minimum absolute atomic E-state index is 0. The number of hydrogen-bond acceptors (Lipinski definition) is 2. The Hall–Kier alpha value is -1.26. The largest absolute Gasteiger partial charge is 1.00 e. The molecule has 0 bridgehead atoms. The summed E-state index contributed by atoms with van der Waals surface area (Å²) in [5.41, 5.74) is 12.5. The van der Waals surface area contributed by atoms with Gasteiger partial charge in [-0.1, -0.05) is 23.7 Å². The number of rotatable bonds is 3. The number of guanidine groups is 1. The average molecular weight is 272 g/mol. The summed E-state index contributed by atoms with van der Waals surface area (Å²) < 4.78 is 0. The maximum Gasteiger partial charge on any atom is 0.211 e. The fraction of sp³-hybridized carbons (Fsp3) is 0.273. The highest BCUT2D eigenvalue weighted by atomic mass is 35.5. The summed E-state index contributed by atoms with van der Waals surface area (Å²) in [5, 5.41) is 8.52. The second-order valence-electron chi connectivity index (χ2n) is 3.79. The first-order valence-electron chi connectivity index (χ1n) is 5.09. The Labute approximate surface area is 111 Å². The third-order valence-corrected chi connectivity index (χ3v) is 2.63. The number of benzene rings is 1. The Bertz CT molecular complexity index is 431. The Morgan fingerprint density at radius 1 is 1.12 bits per heavy atom. The van der Waals surface area contributed by atoms with Gasteiger partial charge in [-0.25, -0.2) is 0 Å². The van der Waals surface area contributed by atoms with Crippen LogP contribution in [0.5, 0.6) is 0 Å². The molecule has 17 heavy (non-hydrogen) atoms. The van der Waals surface area contributed by atoms with Crippen LogP contribution in [0.1, 0.15) is 18.4 Å². The number of nitrogens with zero attached hydrogens (tertiary/aromatic N) is 2. The molecule has 1 fully saturated rings. The van der Waals surface area contributed by atoms with Crippen LogP contribution in [-0.2, 0) is 0 Å². The second-order valence-corrected chi connectivity index (χ2v) is 4.23. The molecule has 1 saturated carbocycles. The number of nitrogens with two attached hydrogens (primary N) is 2. The normalized spacial score (nSPS) is 15.0. The first-order valence-corrected chi connectivity index (χ1v) is 5.47. The maximum atomic E-state index is 5.83. The first-order chi connectivity index (χ1) is 7.66. The molecule has 1 aliphatic carbocycles. The third kappa shape index (κ3) is 3.91. The molecule has 92 valence electrons. The average Bonchev–Trinajstić information content (AvgIpc) is 3.04. The zero-order valence-corrected chi connectivity index (χ0v) is 10.6. The summed E-state index contributed by atoms with van der Waals surface area (Å²) in [6, 6.07) is 7.54. The van der Waals surface area contributed by atoms with Crippen LogP contribution in [0.2, 0.25) is 5.02 Å². The predicted octanol–water partition coefficient (Wildman–Crippen LogP) is -1.27. The van der Waals surface area contributed by atoms with Gasteiger partial charge in [0.1, 0.15) is 0 Å². The minimum Gasteiger partial charge on any atom is -1.00 e. The molecule has 4 N–H and O–H groups in total. The molecule has 0 saturated heterocycles. The van der Waals surface area contributed by atoms with Crippen molar-refractivity contribution in [2.45, 2.75) is 12.8 Å². The van der Waals surface area contributed by atoms with Crippen molar-refractivity contribution in [2.24, 2.45) is 27.6 Å². The fourth-order valence-corrected chi connectivity index (χ4v) is 1.59. The molecule has 0 aliphatic heterocycles. The van der Waals surface area contributed by atoms with E-state index in [4.69, 9.17) is 23.1 Å². The Morgan fingerprint density at radius 2 is 1.71 bits per heavy atom. The summed E-state index contributed by atoms with van der Waals surface area (Å²) >= 11 is 5.83. The van der Waals surface area contributed by atoms with Crippen LogP contribution in [0.3, 0.4) is 0 Å². The lowest BCUT2D eigenvalue weighted by Gasteiger charge is -2.03. The molecule has 1 aliphatic rings. The van der Waals surface area contributed by atoms with E-state index in [0.717, 1.165) is 24.1 Å². The second kappa shape index (κ2) is 5.89. The first kappa shape index (κ1) is 13.8. The summed E-state index contributed by atoms with van der Waals surface area (Å²) in [5.74, 6) is 0.455. The van der Waals surface area contributed by atoms with E-state index in [9.17, 15) is 0 Å². The molecular formula is C11H13Cl2N4-. The highest BCUT2D eigenvalue weighted by Gasteiger charge is 2.28. The lowest BCUT2D eigenvalue weighted by molar-refractivity contribution is -0.00000347. The van der Waals surface area contributed by atoms with E-state index in [0.29, 0.717) is 10.9 Å². The molecular weight excluding hydrogens is 259 g/mol. The van der Waals surface area contributed by atoms with Crippen molar-refractivity contribution in [3.63, 3.8) is 0 Å². The van der Waals surface area contributed by atoms with Crippen LogP contribution in [0.4, 0.5) is 0 Å². The zero-order chi connectivity index (χ0) is 11.5. The van der Waals surface area contributed by atoms with Crippen LogP contribution >= 0.6 is 11.6 Å². The van der Waals surface area contributed by atoms with Crippen molar-refractivity contribution < 1.29 is 12.4 Å². The quantitative estimate of drug-likeness (QED) is 0.409. The molecule has 2 rings (SSSR count). The van der Waals surface area contributed by atoms with E-state index in [2.05, 4.69) is 10.2 Å². The Morgan fingerprint density at radius 3 is 2.18 bits per heavy atom. The van der Waals surface area contributed by atoms with E-state index in [1.165, 1.54) is 0 Å².